The Morgan fingerprint density at radius 3 is 1.60 bits per heavy atom. The van der Waals surface area contributed by atoms with Gasteiger partial charge in [-0.05, 0) is 150 Å². The normalized spacial score (nSPS) is 15.2. The van der Waals surface area contributed by atoms with Crippen molar-refractivity contribution in [1.29, 1.82) is 0 Å². The third-order valence-electron chi connectivity index (χ3n) is 11.3. The van der Waals surface area contributed by atoms with E-state index in [0.29, 0.717) is 43.5 Å². The number of aromatic nitrogens is 2. The standard InChI is InChI=1S/C17H15N3O2.2C15H20FNO2.C2H6.CH4/c1-10-14-8-7-13(9-15(14)20(2)19-10)11-3-5-12(6-4-11)16(21)17(18)22;2*16-13-10-12(4-3-7-17-5-1-2-6-17)11-14-15(13)19-9-8-18-14;1-2;/h3-9H,1-2H3,(H2,18,22);2*10-11H,1-9H2;1-2H3;1H4. The summed E-state index contributed by atoms with van der Waals surface area (Å²) in [5.41, 5.74) is 11.3. The lowest BCUT2D eigenvalue weighted by Crippen LogP contribution is -2.22. The fraction of sp³-hybridized carbons (Fsp3) is 0.460. The molecule has 0 saturated carbocycles. The van der Waals surface area contributed by atoms with Crippen LogP contribution in [-0.2, 0) is 24.7 Å². The number of benzene rings is 4. The van der Waals surface area contributed by atoms with E-state index >= 15 is 0 Å². The van der Waals surface area contributed by atoms with E-state index in [4.69, 9.17) is 24.7 Å². The lowest BCUT2D eigenvalue weighted by atomic mass is 10.0. The van der Waals surface area contributed by atoms with E-state index in [2.05, 4.69) is 21.0 Å². The zero-order valence-corrected chi connectivity index (χ0v) is 36.7. The quantitative estimate of drug-likeness (QED) is 0.102. The Morgan fingerprint density at radius 1 is 0.667 bits per heavy atom. The number of halogens is 2. The van der Waals surface area contributed by atoms with Crippen molar-refractivity contribution < 1.29 is 37.3 Å². The van der Waals surface area contributed by atoms with Gasteiger partial charge in [0.05, 0.1) is 11.2 Å². The number of fused-ring (bicyclic) bond motifs is 3. The molecule has 4 aliphatic rings. The molecule has 9 rings (SSSR count). The van der Waals surface area contributed by atoms with Gasteiger partial charge in [0, 0.05) is 18.0 Å². The molecule has 340 valence electrons. The molecule has 0 unspecified atom stereocenters. The fourth-order valence-electron chi connectivity index (χ4n) is 8.22. The number of nitrogens with zero attached hydrogens (tertiary/aromatic N) is 4. The number of ether oxygens (including phenoxy) is 4. The van der Waals surface area contributed by atoms with E-state index in [9.17, 15) is 18.4 Å². The van der Waals surface area contributed by atoms with Gasteiger partial charge in [0.1, 0.15) is 26.4 Å². The zero-order chi connectivity index (χ0) is 44.0. The van der Waals surface area contributed by atoms with Crippen molar-refractivity contribution in [1.82, 2.24) is 19.6 Å². The summed E-state index contributed by atoms with van der Waals surface area (Å²) in [5, 5.41) is 5.52. The van der Waals surface area contributed by atoms with E-state index in [-0.39, 0.29) is 30.6 Å². The van der Waals surface area contributed by atoms with Crippen LogP contribution in [0.25, 0.3) is 22.0 Å². The fourth-order valence-corrected chi connectivity index (χ4v) is 8.22. The molecule has 0 atom stereocenters. The van der Waals surface area contributed by atoms with Crippen molar-refractivity contribution in [2.45, 2.75) is 79.6 Å². The first kappa shape index (κ1) is 48.5. The Bertz CT molecular complexity index is 2180. The van der Waals surface area contributed by atoms with Gasteiger partial charge in [-0.1, -0.05) is 57.7 Å². The Morgan fingerprint density at radius 2 is 1.13 bits per heavy atom. The summed E-state index contributed by atoms with van der Waals surface area (Å²) in [6.45, 7) is 14.9. The monoisotopic (exact) mass is 869 g/mol. The Hall–Kier alpha value is -5.53. The molecule has 4 aliphatic heterocycles. The molecular formula is C50H65F2N5O6. The predicted octanol–water partition coefficient (Wildman–Crippen LogP) is 9.13. The van der Waals surface area contributed by atoms with Crippen LogP contribution in [0.4, 0.5) is 8.78 Å². The summed E-state index contributed by atoms with van der Waals surface area (Å²) in [6, 6.07) is 19.9. The van der Waals surface area contributed by atoms with Gasteiger partial charge >= 0.3 is 0 Å². The summed E-state index contributed by atoms with van der Waals surface area (Å²) < 4.78 is 51.0. The van der Waals surface area contributed by atoms with Crippen molar-refractivity contribution in [3.63, 3.8) is 0 Å². The average Bonchev–Trinajstić information content (AvgIpc) is 4.08. The molecule has 11 nitrogen and oxygen atoms in total. The largest absolute Gasteiger partial charge is 0.486 e. The number of nitrogens with two attached hydrogens (primary N) is 1. The van der Waals surface area contributed by atoms with Crippen LogP contribution < -0.4 is 24.7 Å². The van der Waals surface area contributed by atoms with E-state index in [0.717, 1.165) is 77.6 Å². The smallest absolute Gasteiger partial charge is 0.289 e. The molecule has 4 aromatic carbocycles. The minimum Gasteiger partial charge on any atom is -0.486 e. The van der Waals surface area contributed by atoms with Gasteiger partial charge in [0.2, 0.25) is 5.78 Å². The number of Topliss-reactive ketones (excluding diaryl/α,β-unsaturated/α-hetero) is 1. The van der Waals surface area contributed by atoms with Crippen molar-refractivity contribution in [2.24, 2.45) is 12.8 Å². The van der Waals surface area contributed by atoms with Gasteiger partial charge in [0.25, 0.3) is 5.91 Å². The molecule has 1 amide bonds. The highest BCUT2D eigenvalue weighted by atomic mass is 19.1. The molecule has 2 N–H and O–H groups in total. The molecule has 0 aliphatic carbocycles. The van der Waals surface area contributed by atoms with Crippen LogP contribution in [0.5, 0.6) is 23.0 Å². The third-order valence-corrected chi connectivity index (χ3v) is 11.3. The first-order chi connectivity index (χ1) is 30.1. The van der Waals surface area contributed by atoms with Crippen molar-refractivity contribution >= 4 is 22.6 Å². The number of hydrogen-bond donors (Lipinski definition) is 1. The minimum absolute atomic E-state index is 0. The van der Waals surface area contributed by atoms with Crippen molar-refractivity contribution in [3.05, 3.63) is 101 Å². The number of primary amides is 1. The number of ketones is 1. The Labute approximate surface area is 371 Å². The minimum atomic E-state index is -0.945. The summed E-state index contributed by atoms with van der Waals surface area (Å²) in [4.78, 5) is 27.4. The van der Waals surface area contributed by atoms with Gasteiger partial charge in [-0.25, -0.2) is 8.78 Å². The maximum absolute atomic E-state index is 13.8. The maximum Gasteiger partial charge on any atom is 0.289 e. The zero-order valence-electron chi connectivity index (χ0n) is 36.7. The molecule has 2 saturated heterocycles. The van der Waals surface area contributed by atoms with Crippen LogP contribution in [0.3, 0.4) is 0 Å². The SMILES string of the molecule is C.CC.Cc1nn(C)c2cc(-c3ccc(C(=O)C(N)=O)cc3)ccc12.Fc1cc(CCCN2CCCC2)cc2c1OCCO2.Fc1cc(CCCN2CCCC2)cc2c1OCCO2. The number of carbonyl (C=O) groups excluding carboxylic acids is 2. The molecule has 1 aromatic heterocycles. The number of hydrogen-bond acceptors (Lipinski definition) is 9. The summed E-state index contributed by atoms with van der Waals surface area (Å²) in [5.74, 6) is -0.556. The molecule has 63 heavy (non-hydrogen) atoms. The lowest BCUT2D eigenvalue weighted by Gasteiger charge is -2.20. The van der Waals surface area contributed by atoms with Crippen LogP contribution in [0.15, 0.2) is 66.7 Å². The summed E-state index contributed by atoms with van der Waals surface area (Å²) in [7, 11) is 1.91. The second-order valence-corrected chi connectivity index (χ2v) is 15.7. The second-order valence-electron chi connectivity index (χ2n) is 15.7. The van der Waals surface area contributed by atoms with Crippen LogP contribution >= 0.6 is 0 Å². The van der Waals surface area contributed by atoms with Crippen molar-refractivity contribution in [2.75, 3.05) is 65.7 Å². The highest BCUT2D eigenvalue weighted by Gasteiger charge is 2.20. The molecule has 5 heterocycles. The number of carbonyl (C=O) groups is 2. The van der Waals surface area contributed by atoms with Crippen LogP contribution in [0, 0.1) is 18.6 Å². The van der Waals surface area contributed by atoms with E-state index < -0.39 is 11.7 Å². The molecule has 2 fully saturated rings. The summed E-state index contributed by atoms with van der Waals surface area (Å²) in [6.07, 6.45) is 9.20. The van der Waals surface area contributed by atoms with E-state index in [1.54, 1.807) is 36.4 Å². The Kier molecular flexibility index (Phi) is 18.3. The average molecular weight is 870 g/mol. The van der Waals surface area contributed by atoms with Gasteiger partial charge in [-0.15, -0.1) is 0 Å². The Balaban J connectivity index is 0.000000174. The van der Waals surface area contributed by atoms with Crippen LogP contribution in [0.2, 0.25) is 0 Å². The molecular weight excluding hydrogens is 805 g/mol. The van der Waals surface area contributed by atoms with Gasteiger partial charge in [0.15, 0.2) is 34.6 Å². The molecule has 13 heteroatoms. The molecule has 0 radical (unpaired) electrons. The molecule has 0 spiro atoms. The van der Waals surface area contributed by atoms with Gasteiger partial charge in [-0.3, -0.25) is 14.3 Å². The van der Waals surface area contributed by atoms with Crippen molar-refractivity contribution in [3.8, 4) is 34.1 Å². The van der Waals surface area contributed by atoms with E-state index in [1.165, 1.54) is 51.9 Å². The molecule has 5 aromatic rings. The number of aryl methyl sites for hydroxylation is 4. The van der Waals surface area contributed by atoms with Crippen LogP contribution in [0.1, 0.15) is 87.0 Å². The highest BCUT2D eigenvalue weighted by Crippen LogP contribution is 2.36. The number of likely N-dealkylation sites (tertiary alicyclic amines) is 2. The first-order valence-electron chi connectivity index (χ1n) is 22.1. The summed E-state index contributed by atoms with van der Waals surface area (Å²) >= 11 is 0. The first-order valence-corrected chi connectivity index (χ1v) is 22.1. The van der Waals surface area contributed by atoms with Gasteiger partial charge in [-0.2, -0.15) is 5.10 Å². The highest BCUT2D eigenvalue weighted by molar-refractivity contribution is 6.42. The third kappa shape index (κ3) is 13.0. The van der Waals surface area contributed by atoms with E-state index in [1.807, 2.05) is 56.8 Å². The lowest BCUT2D eigenvalue weighted by molar-refractivity contribution is -0.114. The number of amides is 1. The van der Waals surface area contributed by atoms with Gasteiger partial charge < -0.3 is 34.5 Å². The van der Waals surface area contributed by atoms with Crippen LogP contribution in [-0.4, -0.2) is 97.0 Å². The predicted molar refractivity (Wildman–Crippen MR) is 245 cm³/mol. The second kappa shape index (κ2) is 23.8. The maximum atomic E-state index is 13.8. The topological polar surface area (TPSA) is 121 Å². The molecule has 0 bridgehead atoms. The number of rotatable bonds is 11.